The summed E-state index contributed by atoms with van der Waals surface area (Å²) in [5.41, 5.74) is 0.269. The summed E-state index contributed by atoms with van der Waals surface area (Å²) < 4.78 is 0.465. The summed E-state index contributed by atoms with van der Waals surface area (Å²) in [5.74, 6) is -2.06. The third-order valence-electron chi connectivity index (χ3n) is 1.96. The topological polar surface area (TPSA) is 57.6 Å². The average Bonchev–Trinajstić information content (AvgIpc) is 2.28. The molecule has 1 aromatic carbocycles. The standard InChI is InChI=1S/C10H9Cl2NO3/c1-10(11,9(15)16)13(12)8(14)7-5-3-2-4-6-7/h2-6H,1H3,(H,15,16)/t10-/m0/s1. The lowest BCUT2D eigenvalue weighted by molar-refractivity contribution is -0.142. The first kappa shape index (κ1) is 12.8. The van der Waals surface area contributed by atoms with Gasteiger partial charge in [-0.15, -0.1) is 0 Å². The lowest BCUT2D eigenvalue weighted by atomic mass is 10.2. The van der Waals surface area contributed by atoms with Crippen LogP contribution in [0.3, 0.4) is 0 Å². The summed E-state index contributed by atoms with van der Waals surface area (Å²) in [6.07, 6.45) is 0. The number of alkyl halides is 1. The Morgan fingerprint density at radius 3 is 2.25 bits per heavy atom. The second kappa shape index (κ2) is 4.72. The molecule has 1 rings (SSSR count). The van der Waals surface area contributed by atoms with E-state index < -0.39 is 16.9 Å². The van der Waals surface area contributed by atoms with Crippen LogP contribution in [0.1, 0.15) is 17.3 Å². The predicted octanol–water partition coefficient (Wildman–Crippen LogP) is 2.32. The third kappa shape index (κ3) is 2.46. The Hall–Kier alpha value is -1.26. The molecular formula is C10H9Cl2NO3. The SMILES string of the molecule is C[C@@](Cl)(C(=O)O)N(Cl)C(=O)c1ccccc1. The van der Waals surface area contributed by atoms with Crippen LogP contribution in [0.2, 0.25) is 0 Å². The largest absolute Gasteiger partial charge is 0.479 e. The predicted molar refractivity (Wildman–Crippen MR) is 60.4 cm³/mol. The average molecular weight is 262 g/mol. The van der Waals surface area contributed by atoms with Gasteiger partial charge in [-0.25, -0.2) is 9.21 Å². The maximum absolute atomic E-state index is 11.7. The first-order chi connectivity index (χ1) is 7.37. The molecule has 1 amide bonds. The van der Waals surface area contributed by atoms with Crippen LogP contribution >= 0.6 is 23.4 Å². The van der Waals surface area contributed by atoms with Gasteiger partial charge in [0.25, 0.3) is 5.91 Å². The molecule has 6 heteroatoms. The normalized spacial score (nSPS) is 13.9. The van der Waals surface area contributed by atoms with Crippen molar-refractivity contribution in [1.82, 2.24) is 4.42 Å². The van der Waals surface area contributed by atoms with E-state index in [4.69, 9.17) is 28.5 Å². The molecule has 1 aromatic rings. The Morgan fingerprint density at radius 1 is 1.31 bits per heavy atom. The third-order valence-corrected chi connectivity index (χ3v) is 2.87. The summed E-state index contributed by atoms with van der Waals surface area (Å²) in [5, 5.41) is 8.80. The van der Waals surface area contributed by atoms with E-state index in [9.17, 15) is 9.59 Å². The van der Waals surface area contributed by atoms with E-state index in [1.54, 1.807) is 18.2 Å². The molecule has 0 aromatic heterocycles. The number of rotatable bonds is 3. The van der Waals surface area contributed by atoms with Crippen molar-refractivity contribution in [2.45, 2.75) is 11.9 Å². The number of carboxylic acid groups (broad SMARTS) is 1. The number of hydrogen-bond donors (Lipinski definition) is 1. The fourth-order valence-corrected chi connectivity index (χ4v) is 1.22. The maximum Gasteiger partial charge on any atom is 0.346 e. The smallest absolute Gasteiger partial charge is 0.346 e. The van der Waals surface area contributed by atoms with Crippen LogP contribution in [0.4, 0.5) is 0 Å². The summed E-state index contributed by atoms with van der Waals surface area (Å²) in [7, 11) is 0. The minimum Gasteiger partial charge on any atom is -0.479 e. The summed E-state index contributed by atoms with van der Waals surface area (Å²) in [6.45, 7) is 1.13. The van der Waals surface area contributed by atoms with Crippen molar-refractivity contribution in [1.29, 1.82) is 0 Å². The molecular weight excluding hydrogens is 253 g/mol. The van der Waals surface area contributed by atoms with Crippen molar-refractivity contribution in [3.05, 3.63) is 35.9 Å². The number of aliphatic carboxylic acids is 1. The Kier molecular flexibility index (Phi) is 3.78. The van der Waals surface area contributed by atoms with E-state index in [2.05, 4.69) is 0 Å². The molecule has 0 unspecified atom stereocenters. The van der Waals surface area contributed by atoms with Gasteiger partial charge in [-0.05, 0) is 19.1 Å². The minimum atomic E-state index is -1.98. The lowest BCUT2D eigenvalue weighted by Gasteiger charge is -2.25. The number of benzene rings is 1. The Balaban J connectivity index is 2.96. The highest BCUT2D eigenvalue weighted by Crippen LogP contribution is 2.25. The molecule has 0 saturated carbocycles. The van der Waals surface area contributed by atoms with Crippen molar-refractivity contribution in [3.63, 3.8) is 0 Å². The number of nitrogens with zero attached hydrogens (tertiary/aromatic N) is 1. The summed E-state index contributed by atoms with van der Waals surface area (Å²) >= 11 is 11.3. The van der Waals surface area contributed by atoms with E-state index in [-0.39, 0.29) is 5.56 Å². The summed E-state index contributed by atoms with van der Waals surface area (Å²) in [6, 6.07) is 8.06. The number of hydrogen-bond acceptors (Lipinski definition) is 2. The number of carboxylic acids is 1. The van der Waals surface area contributed by atoms with Gasteiger partial charge in [0.05, 0.1) is 0 Å². The van der Waals surface area contributed by atoms with Crippen LogP contribution in [0, 0.1) is 0 Å². The van der Waals surface area contributed by atoms with Gasteiger partial charge in [-0.1, -0.05) is 29.8 Å². The molecule has 4 nitrogen and oxygen atoms in total. The second-order valence-electron chi connectivity index (χ2n) is 3.21. The van der Waals surface area contributed by atoms with Crippen molar-refractivity contribution >= 4 is 35.3 Å². The lowest BCUT2D eigenvalue weighted by Crippen LogP contribution is -2.45. The summed E-state index contributed by atoms with van der Waals surface area (Å²) in [4.78, 5) is 20.6. The molecule has 0 heterocycles. The van der Waals surface area contributed by atoms with E-state index >= 15 is 0 Å². The van der Waals surface area contributed by atoms with Crippen molar-refractivity contribution in [2.24, 2.45) is 0 Å². The van der Waals surface area contributed by atoms with Crippen LogP contribution in [0.5, 0.6) is 0 Å². The minimum absolute atomic E-state index is 0.269. The molecule has 0 aliphatic heterocycles. The van der Waals surface area contributed by atoms with Gasteiger partial charge in [-0.2, -0.15) is 0 Å². The Labute approximate surface area is 102 Å². The van der Waals surface area contributed by atoms with E-state index in [1.807, 2.05) is 0 Å². The van der Waals surface area contributed by atoms with Crippen molar-refractivity contribution in [2.75, 3.05) is 0 Å². The molecule has 0 spiro atoms. The fraction of sp³-hybridized carbons (Fsp3) is 0.200. The zero-order valence-electron chi connectivity index (χ0n) is 8.35. The highest BCUT2D eigenvalue weighted by atomic mass is 35.5. The maximum atomic E-state index is 11.7. The van der Waals surface area contributed by atoms with Gasteiger partial charge in [0, 0.05) is 17.3 Å². The van der Waals surface area contributed by atoms with Crippen LogP contribution in [0.25, 0.3) is 0 Å². The number of amides is 1. The second-order valence-corrected chi connectivity index (χ2v) is 4.28. The molecule has 86 valence electrons. The van der Waals surface area contributed by atoms with Crippen LogP contribution < -0.4 is 0 Å². The molecule has 0 aliphatic rings. The number of carbonyl (C=O) groups excluding carboxylic acids is 1. The highest BCUT2D eigenvalue weighted by Gasteiger charge is 2.40. The zero-order valence-corrected chi connectivity index (χ0v) is 9.87. The van der Waals surface area contributed by atoms with E-state index in [0.29, 0.717) is 4.42 Å². The quantitative estimate of drug-likeness (QED) is 0.516. The first-order valence-corrected chi connectivity index (χ1v) is 5.06. The van der Waals surface area contributed by atoms with Gasteiger partial charge in [0.2, 0.25) is 5.00 Å². The molecule has 1 atom stereocenters. The van der Waals surface area contributed by atoms with E-state index in [0.717, 1.165) is 6.92 Å². The van der Waals surface area contributed by atoms with Crippen molar-refractivity contribution < 1.29 is 14.7 Å². The van der Waals surface area contributed by atoms with Gasteiger partial charge in [0.1, 0.15) is 0 Å². The molecule has 0 bridgehead atoms. The van der Waals surface area contributed by atoms with Crippen LogP contribution in [-0.4, -0.2) is 26.4 Å². The zero-order chi connectivity index (χ0) is 12.3. The molecule has 0 saturated heterocycles. The highest BCUT2D eigenvalue weighted by molar-refractivity contribution is 6.39. The monoisotopic (exact) mass is 261 g/mol. The number of halogens is 2. The fourth-order valence-electron chi connectivity index (χ4n) is 0.969. The van der Waals surface area contributed by atoms with Gasteiger partial charge in [0.15, 0.2) is 0 Å². The number of carbonyl (C=O) groups is 2. The molecule has 0 fully saturated rings. The first-order valence-electron chi connectivity index (χ1n) is 4.35. The Bertz CT molecular complexity index is 406. The van der Waals surface area contributed by atoms with Gasteiger partial charge >= 0.3 is 5.97 Å². The molecule has 1 N–H and O–H groups in total. The molecule has 0 aliphatic carbocycles. The van der Waals surface area contributed by atoms with Gasteiger partial charge < -0.3 is 5.11 Å². The van der Waals surface area contributed by atoms with Gasteiger partial charge in [-0.3, -0.25) is 4.79 Å². The molecule has 0 radical (unpaired) electrons. The molecule has 16 heavy (non-hydrogen) atoms. The van der Waals surface area contributed by atoms with Crippen molar-refractivity contribution in [3.8, 4) is 0 Å². The Morgan fingerprint density at radius 2 is 1.81 bits per heavy atom. The van der Waals surface area contributed by atoms with E-state index in [1.165, 1.54) is 12.1 Å². The van der Waals surface area contributed by atoms with Crippen LogP contribution in [-0.2, 0) is 4.79 Å². The van der Waals surface area contributed by atoms with Crippen LogP contribution in [0.15, 0.2) is 30.3 Å².